The number of methoxy groups -OCH3 is 1. The van der Waals surface area contributed by atoms with Gasteiger partial charge in [-0.25, -0.2) is 4.79 Å². The number of carbonyl (C=O) groups is 1. The molecular weight excluding hydrogens is 504 g/mol. The van der Waals surface area contributed by atoms with Gasteiger partial charge in [-0.2, -0.15) is 0 Å². The number of nitrogens with one attached hydrogen (secondary N) is 2. The van der Waals surface area contributed by atoms with Crippen LogP contribution in [-0.4, -0.2) is 32.0 Å². The van der Waals surface area contributed by atoms with Crippen LogP contribution in [0.3, 0.4) is 0 Å². The fourth-order valence-electron chi connectivity index (χ4n) is 6.13. The SMILES string of the molecule is COc1ccc([C@H](CNCc2ccc(N)cc2N)NC(=O)OC2CC(C)CCC2C(C)C)cc1OC1CCCC1. The van der Waals surface area contributed by atoms with Crippen molar-refractivity contribution in [2.45, 2.75) is 90.5 Å². The summed E-state index contributed by atoms with van der Waals surface area (Å²) in [5, 5.41) is 6.61. The fraction of sp³-hybridized carbons (Fsp3) is 0.594. The topological polar surface area (TPSA) is 121 Å². The second-order valence-corrected chi connectivity index (χ2v) is 12.0. The second-order valence-electron chi connectivity index (χ2n) is 12.0. The van der Waals surface area contributed by atoms with Crippen molar-refractivity contribution in [1.82, 2.24) is 10.6 Å². The van der Waals surface area contributed by atoms with Crippen molar-refractivity contribution in [2.24, 2.45) is 17.8 Å². The molecule has 4 rings (SSSR count). The lowest BCUT2D eigenvalue weighted by Gasteiger charge is -2.37. The molecule has 8 heteroatoms. The molecule has 1 amide bonds. The first-order chi connectivity index (χ1) is 19.2. The van der Waals surface area contributed by atoms with Gasteiger partial charge in [-0.05, 0) is 91.7 Å². The van der Waals surface area contributed by atoms with Crippen LogP contribution in [0.25, 0.3) is 0 Å². The van der Waals surface area contributed by atoms with Gasteiger partial charge in [0.2, 0.25) is 0 Å². The first-order valence-electron chi connectivity index (χ1n) is 14.9. The molecule has 2 aromatic rings. The van der Waals surface area contributed by atoms with Gasteiger partial charge < -0.3 is 36.3 Å². The number of nitrogen functional groups attached to an aromatic ring is 2. The summed E-state index contributed by atoms with van der Waals surface area (Å²) >= 11 is 0. The number of ether oxygens (including phenoxy) is 3. The number of rotatable bonds is 11. The van der Waals surface area contributed by atoms with Gasteiger partial charge in [-0.1, -0.05) is 39.3 Å². The smallest absolute Gasteiger partial charge is 0.407 e. The molecule has 2 aliphatic carbocycles. The van der Waals surface area contributed by atoms with E-state index < -0.39 is 6.09 Å². The maximum atomic E-state index is 13.3. The molecule has 0 saturated heterocycles. The Labute approximate surface area is 239 Å². The Kier molecular flexibility index (Phi) is 10.4. The first kappa shape index (κ1) is 29.8. The van der Waals surface area contributed by atoms with Crippen LogP contribution in [0.2, 0.25) is 0 Å². The van der Waals surface area contributed by atoms with Crippen LogP contribution in [0.4, 0.5) is 16.2 Å². The molecule has 2 fully saturated rings. The van der Waals surface area contributed by atoms with Crippen molar-refractivity contribution < 1.29 is 19.0 Å². The Morgan fingerprint density at radius 3 is 2.50 bits per heavy atom. The van der Waals surface area contributed by atoms with E-state index in [-0.39, 0.29) is 18.2 Å². The predicted octanol–water partition coefficient (Wildman–Crippen LogP) is 6.20. The number of alkyl carbamates (subject to hydrolysis) is 1. The summed E-state index contributed by atoms with van der Waals surface area (Å²) in [6.07, 6.45) is 7.33. The van der Waals surface area contributed by atoms with E-state index in [9.17, 15) is 4.79 Å². The zero-order valence-corrected chi connectivity index (χ0v) is 24.6. The molecule has 40 heavy (non-hydrogen) atoms. The highest BCUT2D eigenvalue weighted by atomic mass is 16.6. The van der Waals surface area contributed by atoms with Crippen molar-refractivity contribution in [3.8, 4) is 11.5 Å². The first-order valence-corrected chi connectivity index (χ1v) is 14.9. The predicted molar refractivity (Wildman–Crippen MR) is 160 cm³/mol. The average Bonchev–Trinajstić information content (AvgIpc) is 3.42. The van der Waals surface area contributed by atoms with Crippen molar-refractivity contribution in [2.75, 3.05) is 25.1 Å². The van der Waals surface area contributed by atoms with E-state index in [2.05, 4.69) is 31.4 Å². The highest BCUT2D eigenvalue weighted by Gasteiger charge is 2.34. The summed E-state index contributed by atoms with van der Waals surface area (Å²) in [7, 11) is 1.65. The Balaban J connectivity index is 1.51. The summed E-state index contributed by atoms with van der Waals surface area (Å²) in [6.45, 7) is 7.69. The number of anilines is 2. The van der Waals surface area contributed by atoms with E-state index in [0.29, 0.717) is 53.7 Å². The van der Waals surface area contributed by atoms with Gasteiger partial charge in [0.15, 0.2) is 11.5 Å². The molecular formula is C32H48N4O4. The lowest BCUT2D eigenvalue weighted by atomic mass is 9.75. The van der Waals surface area contributed by atoms with Crippen molar-refractivity contribution in [3.05, 3.63) is 47.5 Å². The van der Waals surface area contributed by atoms with Crippen LogP contribution in [0, 0.1) is 17.8 Å². The van der Waals surface area contributed by atoms with Crippen LogP contribution in [0.5, 0.6) is 11.5 Å². The quantitative estimate of drug-likeness (QED) is 0.245. The van der Waals surface area contributed by atoms with Crippen LogP contribution in [0.1, 0.15) is 82.9 Å². The monoisotopic (exact) mass is 552 g/mol. The standard InChI is InChI=1S/C32H48N4O4/c1-20(2)26-13-9-21(3)15-30(26)40-32(37)36-28(19-35-18-23-10-12-24(33)17-27(23)34)22-11-14-29(38-4)31(16-22)39-25-7-5-6-8-25/h10-12,14,16-17,20-21,25-26,28,30,35H,5-9,13,15,18-19,33-34H2,1-4H3,(H,36,37)/t21?,26?,28-,30?/m0/s1. The van der Waals surface area contributed by atoms with E-state index in [1.165, 1.54) is 19.3 Å². The van der Waals surface area contributed by atoms with Gasteiger partial charge >= 0.3 is 6.09 Å². The third kappa shape index (κ3) is 7.96. The molecule has 2 aromatic carbocycles. The minimum absolute atomic E-state index is 0.0796. The van der Waals surface area contributed by atoms with E-state index in [4.69, 9.17) is 25.7 Å². The molecule has 0 radical (unpaired) electrons. The minimum atomic E-state index is -0.391. The Bertz CT molecular complexity index is 1120. The van der Waals surface area contributed by atoms with Gasteiger partial charge in [0, 0.05) is 24.5 Å². The lowest BCUT2D eigenvalue weighted by Crippen LogP contribution is -2.41. The molecule has 0 heterocycles. The third-order valence-corrected chi connectivity index (χ3v) is 8.53. The highest BCUT2D eigenvalue weighted by Crippen LogP contribution is 2.36. The molecule has 6 N–H and O–H groups in total. The Morgan fingerprint density at radius 2 is 1.80 bits per heavy atom. The number of nitrogens with two attached hydrogens (primary N) is 2. The van der Waals surface area contributed by atoms with Crippen molar-refractivity contribution in [3.63, 3.8) is 0 Å². The molecule has 2 aliphatic rings. The maximum Gasteiger partial charge on any atom is 0.407 e. The number of carbonyl (C=O) groups excluding carboxylic acids is 1. The van der Waals surface area contributed by atoms with Crippen LogP contribution in [0.15, 0.2) is 36.4 Å². The number of hydrogen-bond acceptors (Lipinski definition) is 7. The van der Waals surface area contributed by atoms with E-state index in [1.807, 2.05) is 30.3 Å². The molecule has 2 saturated carbocycles. The Morgan fingerprint density at radius 1 is 1.02 bits per heavy atom. The summed E-state index contributed by atoms with van der Waals surface area (Å²) in [6, 6.07) is 11.0. The number of hydrogen-bond donors (Lipinski definition) is 4. The summed E-state index contributed by atoms with van der Waals surface area (Å²) < 4.78 is 18.1. The fourth-order valence-corrected chi connectivity index (χ4v) is 6.13. The average molecular weight is 553 g/mol. The molecule has 0 spiro atoms. The zero-order valence-electron chi connectivity index (χ0n) is 24.6. The molecule has 0 bridgehead atoms. The van der Waals surface area contributed by atoms with Crippen molar-refractivity contribution in [1.29, 1.82) is 0 Å². The molecule has 220 valence electrons. The van der Waals surface area contributed by atoms with Gasteiger partial charge in [0.05, 0.1) is 19.3 Å². The second kappa shape index (κ2) is 14.0. The highest BCUT2D eigenvalue weighted by molar-refractivity contribution is 5.68. The van der Waals surface area contributed by atoms with Crippen LogP contribution in [-0.2, 0) is 11.3 Å². The number of benzene rings is 2. The Hall–Kier alpha value is -3.13. The molecule has 0 aromatic heterocycles. The lowest BCUT2D eigenvalue weighted by molar-refractivity contribution is 0.00491. The van der Waals surface area contributed by atoms with Crippen molar-refractivity contribution >= 4 is 17.5 Å². The van der Waals surface area contributed by atoms with Gasteiger partial charge in [0.25, 0.3) is 0 Å². The van der Waals surface area contributed by atoms with Crippen LogP contribution >= 0.6 is 0 Å². The molecule has 4 atom stereocenters. The van der Waals surface area contributed by atoms with Gasteiger partial charge in [-0.3, -0.25) is 0 Å². The third-order valence-electron chi connectivity index (χ3n) is 8.53. The normalized spacial score (nSPS) is 22.2. The zero-order chi connectivity index (χ0) is 28.6. The summed E-state index contributed by atoms with van der Waals surface area (Å²) in [4.78, 5) is 13.3. The molecule has 0 aliphatic heterocycles. The van der Waals surface area contributed by atoms with Crippen LogP contribution < -0.4 is 31.6 Å². The van der Waals surface area contributed by atoms with Gasteiger partial charge in [-0.15, -0.1) is 0 Å². The molecule has 3 unspecified atom stereocenters. The van der Waals surface area contributed by atoms with Gasteiger partial charge in [0.1, 0.15) is 6.10 Å². The van der Waals surface area contributed by atoms with E-state index >= 15 is 0 Å². The largest absolute Gasteiger partial charge is 0.493 e. The summed E-state index contributed by atoms with van der Waals surface area (Å²) in [5.74, 6) is 2.78. The molecule has 8 nitrogen and oxygen atoms in total. The number of amides is 1. The van der Waals surface area contributed by atoms with E-state index in [1.54, 1.807) is 13.2 Å². The maximum absolute atomic E-state index is 13.3. The minimum Gasteiger partial charge on any atom is -0.493 e. The summed E-state index contributed by atoms with van der Waals surface area (Å²) in [5.41, 5.74) is 15.2. The van der Waals surface area contributed by atoms with E-state index in [0.717, 1.165) is 36.8 Å².